The van der Waals surface area contributed by atoms with E-state index in [-0.39, 0.29) is 0 Å². The van der Waals surface area contributed by atoms with Gasteiger partial charge in [-0.3, -0.25) is 0 Å². The molecule has 0 bridgehead atoms. The molecule has 1 aromatic carbocycles. The fraction of sp³-hybridized carbons (Fsp3) is 0.571. The van der Waals surface area contributed by atoms with Crippen molar-refractivity contribution in [2.75, 3.05) is 17.6 Å². The van der Waals surface area contributed by atoms with Gasteiger partial charge in [-0.05, 0) is 43.0 Å². The fourth-order valence-electron chi connectivity index (χ4n) is 2.63. The van der Waals surface area contributed by atoms with Crippen molar-refractivity contribution in [2.45, 2.75) is 39.0 Å². The molecule has 1 aliphatic rings. The maximum absolute atomic E-state index is 5.81. The van der Waals surface area contributed by atoms with Crippen LogP contribution in [0.2, 0.25) is 0 Å². The number of hydrogen-bond acceptors (Lipinski definition) is 2. The van der Waals surface area contributed by atoms with Gasteiger partial charge >= 0.3 is 0 Å². The highest BCUT2D eigenvalue weighted by atomic mass is 14.9. The van der Waals surface area contributed by atoms with Crippen molar-refractivity contribution in [1.82, 2.24) is 0 Å². The molecule has 1 aromatic rings. The second-order valence-electron chi connectivity index (χ2n) is 5.00. The molecule has 1 aliphatic carbocycles. The first-order valence-corrected chi connectivity index (χ1v) is 6.35. The lowest BCUT2D eigenvalue weighted by atomic mass is 10.0. The number of nitrogens with one attached hydrogen (secondary N) is 1. The van der Waals surface area contributed by atoms with Gasteiger partial charge in [-0.25, -0.2) is 0 Å². The van der Waals surface area contributed by atoms with Crippen LogP contribution in [0.4, 0.5) is 11.4 Å². The zero-order chi connectivity index (χ0) is 11.4. The molecule has 0 aliphatic heterocycles. The second-order valence-corrected chi connectivity index (χ2v) is 5.00. The van der Waals surface area contributed by atoms with Crippen LogP contribution < -0.4 is 11.1 Å². The summed E-state index contributed by atoms with van der Waals surface area (Å²) in [7, 11) is 0. The molecule has 0 amide bonds. The van der Waals surface area contributed by atoms with Crippen LogP contribution in [-0.4, -0.2) is 6.54 Å². The van der Waals surface area contributed by atoms with Crippen LogP contribution in [0.25, 0.3) is 0 Å². The molecule has 1 saturated carbocycles. The molecular formula is C14H22N2. The molecule has 0 radical (unpaired) electrons. The van der Waals surface area contributed by atoms with Crippen molar-refractivity contribution in [3.63, 3.8) is 0 Å². The lowest BCUT2D eigenvalue weighted by Gasteiger charge is -2.11. The Kier molecular flexibility index (Phi) is 3.70. The minimum atomic E-state index is 0.850. The lowest BCUT2D eigenvalue weighted by Crippen LogP contribution is -2.07. The van der Waals surface area contributed by atoms with Gasteiger partial charge in [-0.1, -0.05) is 25.7 Å². The van der Waals surface area contributed by atoms with Crippen LogP contribution in [-0.2, 0) is 0 Å². The lowest BCUT2D eigenvalue weighted by molar-refractivity contribution is 0.518. The van der Waals surface area contributed by atoms with E-state index >= 15 is 0 Å². The summed E-state index contributed by atoms with van der Waals surface area (Å²) < 4.78 is 0. The Morgan fingerprint density at radius 3 is 2.69 bits per heavy atom. The maximum Gasteiger partial charge on any atom is 0.0363 e. The Balaban J connectivity index is 1.80. The highest BCUT2D eigenvalue weighted by molar-refractivity contribution is 5.56. The van der Waals surface area contributed by atoms with Gasteiger partial charge in [0.2, 0.25) is 0 Å². The van der Waals surface area contributed by atoms with Crippen LogP contribution in [0.15, 0.2) is 18.2 Å². The van der Waals surface area contributed by atoms with Crippen molar-refractivity contribution in [1.29, 1.82) is 0 Å². The Bertz CT molecular complexity index is 320. The molecule has 3 N–H and O–H groups in total. The van der Waals surface area contributed by atoms with Crippen molar-refractivity contribution in [2.24, 2.45) is 5.92 Å². The van der Waals surface area contributed by atoms with Gasteiger partial charge < -0.3 is 11.1 Å². The summed E-state index contributed by atoms with van der Waals surface area (Å²) in [4.78, 5) is 0. The molecule has 0 atom stereocenters. The summed E-state index contributed by atoms with van der Waals surface area (Å²) >= 11 is 0. The summed E-state index contributed by atoms with van der Waals surface area (Å²) in [6.07, 6.45) is 7.02. The van der Waals surface area contributed by atoms with Crippen LogP contribution >= 0.6 is 0 Å². The first-order chi connectivity index (χ1) is 7.74. The molecule has 88 valence electrons. The zero-order valence-electron chi connectivity index (χ0n) is 10.1. The molecule has 0 saturated heterocycles. The van der Waals surface area contributed by atoms with E-state index in [0.717, 1.165) is 23.8 Å². The number of anilines is 2. The van der Waals surface area contributed by atoms with E-state index in [1.807, 2.05) is 12.1 Å². The van der Waals surface area contributed by atoms with Crippen molar-refractivity contribution < 1.29 is 0 Å². The summed E-state index contributed by atoms with van der Waals surface area (Å²) in [5, 5.41) is 3.47. The van der Waals surface area contributed by atoms with E-state index in [1.54, 1.807) is 0 Å². The average Bonchev–Trinajstić information content (AvgIpc) is 2.69. The fourth-order valence-corrected chi connectivity index (χ4v) is 2.63. The van der Waals surface area contributed by atoms with E-state index < -0.39 is 0 Å². The monoisotopic (exact) mass is 218 g/mol. The number of hydrogen-bond donors (Lipinski definition) is 2. The molecule has 1 fully saturated rings. The Labute approximate surface area is 98.2 Å². The van der Waals surface area contributed by atoms with Crippen molar-refractivity contribution >= 4 is 11.4 Å². The van der Waals surface area contributed by atoms with Gasteiger partial charge in [-0.2, -0.15) is 0 Å². The van der Waals surface area contributed by atoms with Gasteiger partial charge in [0.25, 0.3) is 0 Å². The standard InChI is InChI=1S/C14H22N2/c1-11-8-13(15)10-14(9-11)16-7-6-12-4-2-3-5-12/h8-10,12,16H,2-7,15H2,1H3. The van der Waals surface area contributed by atoms with E-state index in [4.69, 9.17) is 5.73 Å². The first-order valence-electron chi connectivity index (χ1n) is 6.35. The topological polar surface area (TPSA) is 38.0 Å². The molecule has 2 heteroatoms. The number of benzene rings is 1. The van der Waals surface area contributed by atoms with E-state index in [2.05, 4.69) is 18.3 Å². The summed E-state index contributed by atoms with van der Waals surface area (Å²) in [5.74, 6) is 0.953. The predicted molar refractivity (Wildman–Crippen MR) is 70.7 cm³/mol. The van der Waals surface area contributed by atoms with E-state index in [0.29, 0.717) is 0 Å². The van der Waals surface area contributed by atoms with Gasteiger partial charge in [0, 0.05) is 17.9 Å². The van der Waals surface area contributed by atoms with Crippen molar-refractivity contribution in [3.8, 4) is 0 Å². The van der Waals surface area contributed by atoms with Gasteiger partial charge in [0.05, 0.1) is 0 Å². The molecule has 2 rings (SSSR count). The Hall–Kier alpha value is -1.18. The highest BCUT2D eigenvalue weighted by Gasteiger charge is 2.13. The smallest absolute Gasteiger partial charge is 0.0363 e. The number of nitrogens with two attached hydrogens (primary N) is 1. The average molecular weight is 218 g/mol. The third-order valence-corrected chi connectivity index (χ3v) is 3.46. The second kappa shape index (κ2) is 5.24. The third-order valence-electron chi connectivity index (χ3n) is 3.46. The number of aryl methyl sites for hydroxylation is 1. The molecule has 0 aromatic heterocycles. The molecule has 0 spiro atoms. The first kappa shape index (κ1) is 11.3. The van der Waals surface area contributed by atoms with Crippen LogP contribution in [0.1, 0.15) is 37.7 Å². The Morgan fingerprint density at radius 2 is 2.00 bits per heavy atom. The van der Waals surface area contributed by atoms with E-state index in [9.17, 15) is 0 Å². The summed E-state index contributed by atoms with van der Waals surface area (Å²) in [5.41, 5.74) is 9.05. The van der Waals surface area contributed by atoms with Gasteiger partial charge in [0.15, 0.2) is 0 Å². The van der Waals surface area contributed by atoms with Gasteiger partial charge in [0.1, 0.15) is 0 Å². The maximum atomic E-state index is 5.81. The Morgan fingerprint density at radius 1 is 1.25 bits per heavy atom. The SMILES string of the molecule is Cc1cc(N)cc(NCCC2CCCC2)c1. The number of nitrogen functional groups attached to an aromatic ring is 1. The van der Waals surface area contributed by atoms with Crippen LogP contribution in [0.5, 0.6) is 0 Å². The summed E-state index contributed by atoms with van der Waals surface area (Å²) in [6, 6.07) is 6.18. The zero-order valence-corrected chi connectivity index (χ0v) is 10.1. The van der Waals surface area contributed by atoms with Crippen LogP contribution in [0, 0.1) is 12.8 Å². The van der Waals surface area contributed by atoms with Crippen molar-refractivity contribution in [3.05, 3.63) is 23.8 Å². The molecule has 16 heavy (non-hydrogen) atoms. The van der Waals surface area contributed by atoms with E-state index in [1.165, 1.54) is 37.7 Å². The number of rotatable bonds is 4. The minimum absolute atomic E-state index is 0.850. The minimum Gasteiger partial charge on any atom is -0.399 e. The normalized spacial score (nSPS) is 16.6. The van der Waals surface area contributed by atoms with Crippen LogP contribution in [0.3, 0.4) is 0 Å². The molecule has 0 heterocycles. The molecular weight excluding hydrogens is 196 g/mol. The predicted octanol–water partition coefficient (Wildman–Crippen LogP) is 3.57. The molecule has 0 unspecified atom stereocenters. The molecule has 2 nitrogen and oxygen atoms in total. The highest BCUT2D eigenvalue weighted by Crippen LogP contribution is 2.27. The summed E-state index contributed by atoms with van der Waals surface area (Å²) in [6.45, 7) is 3.16. The third kappa shape index (κ3) is 3.16. The largest absolute Gasteiger partial charge is 0.399 e. The van der Waals surface area contributed by atoms with Gasteiger partial charge in [-0.15, -0.1) is 0 Å². The quantitative estimate of drug-likeness (QED) is 0.758.